The molecule has 4 nitrogen and oxygen atoms in total. The average molecular weight is 290 g/mol. The molecule has 1 N–H and O–H groups in total. The van der Waals surface area contributed by atoms with E-state index in [4.69, 9.17) is 0 Å². The monoisotopic (exact) mass is 290 g/mol. The zero-order valence-corrected chi connectivity index (χ0v) is 13.3. The van der Waals surface area contributed by atoms with Crippen LogP contribution >= 0.6 is 0 Å². The normalized spacial score (nSPS) is 10.5. The molecule has 4 heteroatoms. The molecule has 0 radical (unpaired) electrons. The average Bonchev–Trinajstić information content (AvgIpc) is 2.45. The van der Waals surface area contributed by atoms with Gasteiger partial charge >= 0.3 is 0 Å². The summed E-state index contributed by atoms with van der Waals surface area (Å²) in [6, 6.07) is 9.82. The van der Waals surface area contributed by atoms with Crippen LogP contribution in [0, 0.1) is 5.92 Å². The fourth-order valence-electron chi connectivity index (χ4n) is 1.99. The molecule has 0 saturated heterocycles. The lowest BCUT2D eigenvalue weighted by Gasteiger charge is -2.21. The Morgan fingerprint density at radius 1 is 1.19 bits per heavy atom. The molecule has 2 amide bonds. The van der Waals surface area contributed by atoms with Gasteiger partial charge in [0.15, 0.2) is 0 Å². The number of rotatable bonds is 8. The minimum absolute atomic E-state index is 0.0707. The van der Waals surface area contributed by atoms with Gasteiger partial charge in [0.05, 0.1) is 0 Å². The minimum Gasteiger partial charge on any atom is -0.356 e. The van der Waals surface area contributed by atoms with Gasteiger partial charge in [0.1, 0.15) is 6.42 Å². The summed E-state index contributed by atoms with van der Waals surface area (Å²) in [6.45, 7) is 7.93. The Morgan fingerprint density at radius 3 is 2.43 bits per heavy atom. The third kappa shape index (κ3) is 6.93. The van der Waals surface area contributed by atoms with Gasteiger partial charge in [-0.05, 0) is 24.8 Å². The summed E-state index contributed by atoms with van der Waals surface area (Å²) in [5, 5.41) is 2.80. The molecule has 0 aliphatic heterocycles. The zero-order valence-electron chi connectivity index (χ0n) is 13.3. The van der Waals surface area contributed by atoms with Gasteiger partial charge in [0, 0.05) is 19.6 Å². The molecule has 0 spiro atoms. The van der Waals surface area contributed by atoms with Gasteiger partial charge in [0.25, 0.3) is 0 Å². The molecule has 0 saturated carbocycles. The van der Waals surface area contributed by atoms with E-state index in [0.29, 0.717) is 25.6 Å². The van der Waals surface area contributed by atoms with Crippen molar-refractivity contribution in [2.45, 2.75) is 40.2 Å². The number of hydrogen-bond donors (Lipinski definition) is 1. The first kappa shape index (κ1) is 17.2. The van der Waals surface area contributed by atoms with Crippen molar-refractivity contribution in [1.82, 2.24) is 10.2 Å². The first-order valence-electron chi connectivity index (χ1n) is 7.61. The second-order valence-corrected chi connectivity index (χ2v) is 5.60. The number of nitrogens with one attached hydrogen (secondary N) is 1. The molecule has 1 aromatic carbocycles. The molecule has 0 atom stereocenters. The van der Waals surface area contributed by atoms with Crippen LogP contribution in [0.2, 0.25) is 0 Å². The summed E-state index contributed by atoms with van der Waals surface area (Å²) in [5.74, 6) is 0.238. The van der Waals surface area contributed by atoms with Gasteiger partial charge in [-0.15, -0.1) is 0 Å². The lowest BCUT2D eigenvalue weighted by molar-refractivity contribution is -0.136. The minimum atomic E-state index is -0.188. The van der Waals surface area contributed by atoms with Gasteiger partial charge in [-0.1, -0.05) is 44.2 Å². The number of hydrogen-bond acceptors (Lipinski definition) is 2. The Bertz CT molecular complexity index is 443. The summed E-state index contributed by atoms with van der Waals surface area (Å²) in [7, 11) is 0. The largest absolute Gasteiger partial charge is 0.356 e. The number of nitrogens with zero attached hydrogens (tertiary/aromatic N) is 1. The van der Waals surface area contributed by atoms with Crippen molar-refractivity contribution in [3.63, 3.8) is 0 Å². The maximum atomic E-state index is 12.2. The van der Waals surface area contributed by atoms with Crippen molar-refractivity contribution < 1.29 is 9.59 Å². The maximum Gasteiger partial charge on any atom is 0.232 e. The topological polar surface area (TPSA) is 49.4 Å². The van der Waals surface area contributed by atoms with Crippen LogP contribution < -0.4 is 5.32 Å². The van der Waals surface area contributed by atoms with Crippen molar-refractivity contribution in [2.75, 3.05) is 13.1 Å². The van der Waals surface area contributed by atoms with E-state index in [1.54, 1.807) is 4.90 Å². The molecule has 0 aliphatic rings. The highest BCUT2D eigenvalue weighted by Crippen LogP contribution is 2.06. The predicted molar refractivity (Wildman–Crippen MR) is 84.6 cm³/mol. The van der Waals surface area contributed by atoms with Crippen LogP contribution in [-0.2, 0) is 16.1 Å². The van der Waals surface area contributed by atoms with Gasteiger partial charge < -0.3 is 10.2 Å². The Labute approximate surface area is 127 Å². The van der Waals surface area contributed by atoms with Crippen LogP contribution in [0.25, 0.3) is 0 Å². The van der Waals surface area contributed by atoms with Gasteiger partial charge in [-0.2, -0.15) is 0 Å². The molecule has 0 fully saturated rings. The van der Waals surface area contributed by atoms with Gasteiger partial charge in [0.2, 0.25) is 11.8 Å². The Morgan fingerprint density at radius 2 is 1.86 bits per heavy atom. The van der Waals surface area contributed by atoms with Gasteiger partial charge in [-0.25, -0.2) is 0 Å². The first-order valence-corrected chi connectivity index (χ1v) is 7.61. The molecule has 1 rings (SSSR count). The molecule has 1 aromatic rings. The lowest BCUT2D eigenvalue weighted by atomic mass is 10.1. The third-order valence-corrected chi connectivity index (χ3v) is 3.31. The Kier molecular flexibility index (Phi) is 7.51. The molecule has 0 bridgehead atoms. The lowest BCUT2D eigenvalue weighted by Crippen LogP contribution is -2.35. The standard InChI is InChI=1S/C17H26N2O2/c1-4-19(13-15-8-6-5-7-9-15)17(21)12-16(20)18-11-10-14(2)3/h5-9,14H,4,10-13H2,1-3H3,(H,18,20). The summed E-state index contributed by atoms with van der Waals surface area (Å²) in [6.07, 6.45) is 0.861. The van der Waals surface area contributed by atoms with E-state index in [9.17, 15) is 9.59 Å². The maximum absolute atomic E-state index is 12.2. The molecular weight excluding hydrogens is 264 g/mol. The number of benzene rings is 1. The highest BCUT2D eigenvalue weighted by atomic mass is 16.2. The summed E-state index contributed by atoms with van der Waals surface area (Å²) < 4.78 is 0. The van der Waals surface area contributed by atoms with Crippen LogP contribution in [0.15, 0.2) is 30.3 Å². The molecular formula is C17H26N2O2. The number of carbonyl (C=O) groups excluding carboxylic acids is 2. The summed E-state index contributed by atoms with van der Waals surface area (Å²) in [5.41, 5.74) is 1.08. The second-order valence-electron chi connectivity index (χ2n) is 5.60. The van der Waals surface area contributed by atoms with Crippen molar-refractivity contribution >= 4 is 11.8 Å². The van der Waals surface area contributed by atoms with Gasteiger partial charge in [-0.3, -0.25) is 9.59 Å². The predicted octanol–water partition coefficient (Wildman–Crippen LogP) is 2.59. The molecule has 0 heterocycles. The van der Waals surface area contributed by atoms with Crippen molar-refractivity contribution in [1.29, 1.82) is 0 Å². The molecule has 0 aliphatic carbocycles. The van der Waals surface area contributed by atoms with Crippen LogP contribution in [0.5, 0.6) is 0 Å². The second kappa shape index (κ2) is 9.16. The summed E-state index contributed by atoms with van der Waals surface area (Å²) in [4.78, 5) is 25.6. The van der Waals surface area contributed by atoms with Crippen LogP contribution in [0.4, 0.5) is 0 Å². The Hall–Kier alpha value is -1.84. The van der Waals surface area contributed by atoms with Crippen LogP contribution in [-0.4, -0.2) is 29.8 Å². The number of amides is 2. The molecule has 116 valence electrons. The molecule has 21 heavy (non-hydrogen) atoms. The van der Waals surface area contributed by atoms with Crippen molar-refractivity contribution in [2.24, 2.45) is 5.92 Å². The van der Waals surface area contributed by atoms with Crippen LogP contribution in [0.1, 0.15) is 39.2 Å². The van der Waals surface area contributed by atoms with E-state index in [1.165, 1.54) is 0 Å². The molecule has 0 unspecified atom stereocenters. The van der Waals surface area contributed by atoms with E-state index in [-0.39, 0.29) is 18.2 Å². The smallest absolute Gasteiger partial charge is 0.232 e. The van der Waals surface area contributed by atoms with E-state index in [2.05, 4.69) is 19.2 Å². The Balaban J connectivity index is 2.42. The fourth-order valence-corrected chi connectivity index (χ4v) is 1.99. The zero-order chi connectivity index (χ0) is 15.7. The SMILES string of the molecule is CCN(Cc1ccccc1)C(=O)CC(=O)NCCC(C)C. The van der Waals surface area contributed by atoms with Crippen LogP contribution in [0.3, 0.4) is 0 Å². The fraction of sp³-hybridized carbons (Fsp3) is 0.529. The van der Waals surface area contributed by atoms with E-state index < -0.39 is 0 Å². The van der Waals surface area contributed by atoms with Crippen molar-refractivity contribution in [3.8, 4) is 0 Å². The van der Waals surface area contributed by atoms with Crippen molar-refractivity contribution in [3.05, 3.63) is 35.9 Å². The van der Waals surface area contributed by atoms with E-state index >= 15 is 0 Å². The highest BCUT2D eigenvalue weighted by molar-refractivity contribution is 5.96. The highest BCUT2D eigenvalue weighted by Gasteiger charge is 2.16. The van der Waals surface area contributed by atoms with E-state index in [0.717, 1.165) is 12.0 Å². The number of carbonyl (C=O) groups is 2. The third-order valence-electron chi connectivity index (χ3n) is 3.31. The molecule has 0 aromatic heterocycles. The first-order chi connectivity index (χ1) is 10.0. The quantitative estimate of drug-likeness (QED) is 0.748. The summed E-state index contributed by atoms with van der Waals surface area (Å²) >= 11 is 0. The van der Waals surface area contributed by atoms with E-state index in [1.807, 2.05) is 37.3 Å².